The van der Waals surface area contributed by atoms with E-state index in [2.05, 4.69) is 10.1 Å². The van der Waals surface area contributed by atoms with Gasteiger partial charge in [-0.3, -0.25) is 4.79 Å². The minimum absolute atomic E-state index is 0.0945. The maximum atomic E-state index is 13.7. The molecule has 18 heavy (non-hydrogen) atoms. The molecule has 0 amide bonds. The zero-order chi connectivity index (χ0) is 13.7. The molecule has 6 heteroatoms. The maximum absolute atomic E-state index is 13.7. The lowest BCUT2D eigenvalue weighted by Gasteiger charge is -2.17. The van der Waals surface area contributed by atoms with Gasteiger partial charge in [0.05, 0.1) is 7.11 Å². The second-order valence-electron chi connectivity index (χ2n) is 3.78. The molecular formula is C12H15F2NO3. The second kappa shape index (κ2) is 6.30. The molecule has 2 N–H and O–H groups in total. The Kier molecular flexibility index (Phi) is 5.03. The van der Waals surface area contributed by atoms with E-state index in [-0.39, 0.29) is 24.2 Å². The van der Waals surface area contributed by atoms with Crippen LogP contribution in [0.2, 0.25) is 0 Å². The number of aliphatic carboxylic acids is 1. The summed E-state index contributed by atoms with van der Waals surface area (Å²) >= 11 is 0. The first-order chi connectivity index (χ1) is 8.49. The Morgan fingerprint density at radius 3 is 2.61 bits per heavy atom. The van der Waals surface area contributed by atoms with Gasteiger partial charge in [-0.2, -0.15) is 0 Å². The number of benzene rings is 1. The van der Waals surface area contributed by atoms with E-state index < -0.39 is 23.6 Å². The summed E-state index contributed by atoms with van der Waals surface area (Å²) in [7, 11) is 2.81. The standard InChI is InChI=1S/C12H15F2NO3/c1-15-10(3-4-12(16)17)7-5-9(14)11(18-2)6-8(7)13/h5-6,10,15H,3-4H2,1-2H3,(H,16,17). The van der Waals surface area contributed by atoms with Crippen LogP contribution in [0.4, 0.5) is 8.78 Å². The third-order valence-corrected chi connectivity index (χ3v) is 2.64. The molecule has 4 nitrogen and oxygen atoms in total. The van der Waals surface area contributed by atoms with Gasteiger partial charge < -0.3 is 15.2 Å². The number of hydrogen-bond acceptors (Lipinski definition) is 3. The number of methoxy groups -OCH3 is 1. The molecule has 1 aromatic rings. The number of carboxylic acid groups (broad SMARTS) is 1. The first kappa shape index (κ1) is 14.4. The molecule has 0 fully saturated rings. The predicted molar refractivity (Wildman–Crippen MR) is 61.6 cm³/mol. The first-order valence-corrected chi connectivity index (χ1v) is 5.41. The Hall–Kier alpha value is -1.69. The Labute approximate surface area is 104 Å². The molecular weight excluding hydrogens is 244 g/mol. The third kappa shape index (κ3) is 3.40. The van der Waals surface area contributed by atoms with E-state index in [1.807, 2.05) is 0 Å². The summed E-state index contributed by atoms with van der Waals surface area (Å²) < 4.78 is 31.9. The number of carbonyl (C=O) groups is 1. The van der Waals surface area contributed by atoms with Gasteiger partial charge in [-0.05, 0) is 19.5 Å². The molecule has 0 saturated carbocycles. The summed E-state index contributed by atoms with van der Waals surface area (Å²) in [6.45, 7) is 0. The molecule has 0 aliphatic carbocycles. The molecule has 1 rings (SSSR count). The highest BCUT2D eigenvalue weighted by Crippen LogP contribution is 2.27. The van der Waals surface area contributed by atoms with Crippen LogP contribution in [0.25, 0.3) is 0 Å². The van der Waals surface area contributed by atoms with Gasteiger partial charge in [-0.25, -0.2) is 8.78 Å². The van der Waals surface area contributed by atoms with Crippen LogP contribution in [0.5, 0.6) is 5.75 Å². The minimum Gasteiger partial charge on any atom is -0.494 e. The summed E-state index contributed by atoms with van der Waals surface area (Å²) in [5.41, 5.74) is 0.0945. The fourth-order valence-corrected chi connectivity index (χ4v) is 1.69. The van der Waals surface area contributed by atoms with E-state index in [0.29, 0.717) is 0 Å². The summed E-state index contributed by atoms with van der Waals surface area (Å²) in [5.74, 6) is -2.46. The molecule has 1 atom stereocenters. The van der Waals surface area contributed by atoms with E-state index in [0.717, 1.165) is 12.1 Å². The van der Waals surface area contributed by atoms with Crippen LogP contribution in [-0.4, -0.2) is 25.2 Å². The topological polar surface area (TPSA) is 58.6 Å². The predicted octanol–water partition coefficient (Wildman–Crippen LogP) is 2.10. The van der Waals surface area contributed by atoms with Gasteiger partial charge in [-0.1, -0.05) is 0 Å². The van der Waals surface area contributed by atoms with Gasteiger partial charge in [-0.15, -0.1) is 0 Å². The normalized spacial score (nSPS) is 12.2. The van der Waals surface area contributed by atoms with E-state index in [4.69, 9.17) is 5.11 Å². The molecule has 0 bridgehead atoms. The van der Waals surface area contributed by atoms with Crippen molar-refractivity contribution in [1.82, 2.24) is 5.32 Å². The van der Waals surface area contributed by atoms with Crippen LogP contribution in [0.15, 0.2) is 12.1 Å². The zero-order valence-corrected chi connectivity index (χ0v) is 10.2. The fraction of sp³-hybridized carbons (Fsp3) is 0.417. The highest BCUT2D eigenvalue weighted by molar-refractivity contribution is 5.66. The van der Waals surface area contributed by atoms with Crippen molar-refractivity contribution in [2.24, 2.45) is 0 Å². The van der Waals surface area contributed by atoms with Crippen LogP contribution in [0.1, 0.15) is 24.4 Å². The summed E-state index contributed by atoms with van der Waals surface area (Å²) in [6, 6.07) is 1.42. The molecule has 0 radical (unpaired) electrons. The average Bonchev–Trinajstić information content (AvgIpc) is 2.33. The van der Waals surface area contributed by atoms with Gasteiger partial charge in [0.2, 0.25) is 0 Å². The Balaban J connectivity index is 2.98. The smallest absolute Gasteiger partial charge is 0.303 e. The van der Waals surface area contributed by atoms with E-state index in [1.165, 1.54) is 7.11 Å². The molecule has 0 heterocycles. The lowest BCUT2D eigenvalue weighted by atomic mass is 10.0. The zero-order valence-electron chi connectivity index (χ0n) is 10.2. The van der Waals surface area contributed by atoms with E-state index in [1.54, 1.807) is 7.05 Å². The summed E-state index contributed by atoms with van der Waals surface area (Å²) in [5, 5.41) is 11.4. The Bertz CT molecular complexity index is 438. The number of halogens is 2. The second-order valence-corrected chi connectivity index (χ2v) is 3.78. The number of nitrogens with one attached hydrogen (secondary N) is 1. The molecule has 0 spiro atoms. The van der Waals surface area contributed by atoms with Crippen molar-refractivity contribution in [2.75, 3.05) is 14.2 Å². The van der Waals surface area contributed by atoms with Crippen LogP contribution < -0.4 is 10.1 Å². The van der Waals surface area contributed by atoms with Gasteiger partial charge in [0.15, 0.2) is 11.6 Å². The van der Waals surface area contributed by atoms with Crippen LogP contribution >= 0.6 is 0 Å². The van der Waals surface area contributed by atoms with Crippen molar-refractivity contribution in [2.45, 2.75) is 18.9 Å². The van der Waals surface area contributed by atoms with Crippen molar-refractivity contribution >= 4 is 5.97 Å². The largest absolute Gasteiger partial charge is 0.494 e. The molecule has 0 aliphatic rings. The molecule has 0 aliphatic heterocycles. The molecule has 1 unspecified atom stereocenters. The Morgan fingerprint density at radius 1 is 1.44 bits per heavy atom. The van der Waals surface area contributed by atoms with Crippen molar-refractivity contribution in [3.63, 3.8) is 0 Å². The highest BCUT2D eigenvalue weighted by atomic mass is 19.1. The molecule has 0 aromatic heterocycles. The van der Waals surface area contributed by atoms with Crippen LogP contribution in [-0.2, 0) is 4.79 Å². The van der Waals surface area contributed by atoms with Crippen molar-refractivity contribution in [3.8, 4) is 5.75 Å². The van der Waals surface area contributed by atoms with Gasteiger partial charge in [0, 0.05) is 24.1 Å². The lowest BCUT2D eigenvalue weighted by molar-refractivity contribution is -0.137. The van der Waals surface area contributed by atoms with Crippen molar-refractivity contribution in [1.29, 1.82) is 0 Å². The lowest BCUT2D eigenvalue weighted by Crippen LogP contribution is -2.19. The Morgan fingerprint density at radius 2 is 2.11 bits per heavy atom. The maximum Gasteiger partial charge on any atom is 0.303 e. The third-order valence-electron chi connectivity index (χ3n) is 2.64. The quantitative estimate of drug-likeness (QED) is 0.821. The van der Waals surface area contributed by atoms with Crippen molar-refractivity contribution < 1.29 is 23.4 Å². The van der Waals surface area contributed by atoms with Gasteiger partial charge in [0.1, 0.15) is 5.82 Å². The SMILES string of the molecule is CNC(CCC(=O)O)c1cc(F)c(OC)cc1F. The number of hydrogen-bond donors (Lipinski definition) is 2. The van der Waals surface area contributed by atoms with E-state index in [9.17, 15) is 13.6 Å². The number of rotatable bonds is 6. The molecule has 100 valence electrons. The van der Waals surface area contributed by atoms with Gasteiger partial charge >= 0.3 is 5.97 Å². The molecule has 0 saturated heterocycles. The minimum atomic E-state index is -0.982. The fourth-order valence-electron chi connectivity index (χ4n) is 1.69. The first-order valence-electron chi connectivity index (χ1n) is 5.41. The van der Waals surface area contributed by atoms with E-state index >= 15 is 0 Å². The van der Waals surface area contributed by atoms with Crippen LogP contribution in [0.3, 0.4) is 0 Å². The van der Waals surface area contributed by atoms with Gasteiger partial charge in [0.25, 0.3) is 0 Å². The molecule has 1 aromatic carbocycles. The monoisotopic (exact) mass is 259 g/mol. The number of carboxylic acids is 1. The summed E-state index contributed by atoms with van der Waals surface area (Å²) in [6.07, 6.45) is 0.0487. The van der Waals surface area contributed by atoms with Crippen molar-refractivity contribution in [3.05, 3.63) is 29.3 Å². The summed E-state index contributed by atoms with van der Waals surface area (Å²) in [4.78, 5) is 10.5. The highest BCUT2D eigenvalue weighted by Gasteiger charge is 2.18. The average molecular weight is 259 g/mol. The van der Waals surface area contributed by atoms with Crippen LogP contribution in [0, 0.1) is 11.6 Å². The number of ether oxygens (including phenoxy) is 1.